The molecule has 0 aromatic heterocycles. The average Bonchev–Trinajstić information content (AvgIpc) is 2.83. The average molecular weight is 179 g/mol. The minimum absolute atomic E-state index is 0.415. The first-order valence-electron chi connectivity index (χ1n) is 4.21. The van der Waals surface area contributed by atoms with Crippen LogP contribution in [0.1, 0.15) is 17.9 Å². The molecule has 0 radical (unpaired) electrons. The molecule has 64 valence electrons. The molecule has 1 aromatic carbocycles. The van der Waals surface area contributed by atoms with E-state index in [2.05, 4.69) is 30.5 Å². The summed E-state index contributed by atoms with van der Waals surface area (Å²) in [7, 11) is 0. The van der Waals surface area contributed by atoms with Crippen molar-refractivity contribution in [2.75, 3.05) is 6.26 Å². The SMILES string of the molecule is CSc1ccccc1C1CC1N. The third-order valence-electron chi connectivity index (χ3n) is 2.38. The third-order valence-corrected chi connectivity index (χ3v) is 3.19. The van der Waals surface area contributed by atoms with E-state index in [1.165, 1.54) is 10.5 Å². The van der Waals surface area contributed by atoms with Gasteiger partial charge in [-0.25, -0.2) is 0 Å². The van der Waals surface area contributed by atoms with Crippen LogP contribution in [0.3, 0.4) is 0 Å². The number of rotatable bonds is 2. The summed E-state index contributed by atoms with van der Waals surface area (Å²) in [4.78, 5) is 1.38. The minimum Gasteiger partial charge on any atom is -0.327 e. The Morgan fingerprint density at radius 3 is 2.67 bits per heavy atom. The van der Waals surface area contributed by atoms with Gasteiger partial charge in [0.05, 0.1) is 0 Å². The van der Waals surface area contributed by atoms with E-state index in [0.29, 0.717) is 12.0 Å². The molecule has 2 N–H and O–H groups in total. The van der Waals surface area contributed by atoms with Gasteiger partial charge in [0, 0.05) is 16.9 Å². The molecule has 0 heterocycles. The van der Waals surface area contributed by atoms with Gasteiger partial charge in [0.15, 0.2) is 0 Å². The molecule has 0 saturated heterocycles. The lowest BCUT2D eigenvalue weighted by Crippen LogP contribution is -2.01. The Bertz CT molecular complexity index is 285. The molecular formula is C10H13NS. The van der Waals surface area contributed by atoms with Gasteiger partial charge in [0.25, 0.3) is 0 Å². The van der Waals surface area contributed by atoms with Gasteiger partial charge in [-0.1, -0.05) is 18.2 Å². The van der Waals surface area contributed by atoms with Crippen molar-refractivity contribution >= 4 is 11.8 Å². The Morgan fingerprint density at radius 2 is 2.08 bits per heavy atom. The minimum atomic E-state index is 0.415. The first-order valence-corrected chi connectivity index (χ1v) is 5.44. The number of hydrogen-bond acceptors (Lipinski definition) is 2. The first-order chi connectivity index (χ1) is 5.83. The second-order valence-corrected chi connectivity index (χ2v) is 4.10. The number of hydrogen-bond donors (Lipinski definition) is 1. The summed E-state index contributed by atoms with van der Waals surface area (Å²) in [5.74, 6) is 0.633. The number of benzene rings is 1. The van der Waals surface area contributed by atoms with Crippen LogP contribution in [0.5, 0.6) is 0 Å². The molecule has 2 unspecified atom stereocenters. The zero-order valence-corrected chi connectivity index (χ0v) is 7.97. The van der Waals surface area contributed by atoms with Gasteiger partial charge in [-0.15, -0.1) is 11.8 Å². The molecule has 2 atom stereocenters. The molecule has 1 aliphatic carbocycles. The van der Waals surface area contributed by atoms with Crippen LogP contribution in [-0.4, -0.2) is 12.3 Å². The molecule has 0 amide bonds. The van der Waals surface area contributed by atoms with Crippen LogP contribution in [0.25, 0.3) is 0 Å². The highest BCUT2D eigenvalue weighted by molar-refractivity contribution is 7.98. The summed E-state index contributed by atoms with van der Waals surface area (Å²) in [6, 6.07) is 8.97. The largest absolute Gasteiger partial charge is 0.327 e. The van der Waals surface area contributed by atoms with Gasteiger partial charge in [0.1, 0.15) is 0 Å². The first kappa shape index (κ1) is 8.14. The monoisotopic (exact) mass is 179 g/mol. The van der Waals surface area contributed by atoms with Crippen LogP contribution in [0.4, 0.5) is 0 Å². The molecule has 1 nitrogen and oxygen atoms in total. The van der Waals surface area contributed by atoms with Gasteiger partial charge in [-0.05, 0) is 24.3 Å². The van der Waals surface area contributed by atoms with E-state index in [9.17, 15) is 0 Å². The molecule has 2 heteroatoms. The second-order valence-electron chi connectivity index (χ2n) is 3.25. The zero-order valence-electron chi connectivity index (χ0n) is 7.16. The van der Waals surface area contributed by atoms with E-state index in [4.69, 9.17) is 5.73 Å². The molecular weight excluding hydrogens is 166 g/mol. The molecule has 0 aliphatic heterocycles. The summed E-state index contributed by atoms with van der Waals surface area (Å²) < 4.78 is 0. The van der Waals surface area contributed by atoms with Crippen LogP contribution in [-0.2, 0) is 0 Å². The smallest absolute Gasteiger partial charge is 0.0115 e. The van der Waals surface area contributed by atoms with Gasteiger partial charge in [0.2, 0.25) is 0 Å². The Labute approximate surface area is 77.3 Å². The Kier molecular flexibility index (Phi) is 2.11. The summed E-state index contributed by atoms with van der Waals surface area (Å²) in [6.07, 6.45) is 3.28. The molecule has 2 rings (SSSR count). The van der Waals surface area contributed by atoms with E-state index in [-0.39, 0.29) is 0 Å². The van der Waals surface area contributed by atoms with Crippen LogP contribution in [0.15, 0.2) is 29.2 Å². The predicted octanol–water partition coefficient (Wildman–Crippen LogP) is 2.22. The van der Waals surface area contributed by atoms with Crippen molar-refractivity contribution in [2.24, 2.45) is 5.73 Å². The lowest BCUT2D eigenvalue weighted by molar-refractivity contribution is 0.968. The molecule has 1 aliphatic rings. The van der Waals surface area contributed by atoms with Crippen LogP contribution in [0, 0.1) is 0 Å². The second kappa shape index (κ2) is 3.11. The highest BCUT2D eigenvalue weighted by atomic mass is 32.2. The fourth-order valence-electron chi connectivity index (χ4n) is 1.55. The zero-order chi connectivity index (χ0) is 8.55. The quantitative estimate of drug-likeness (QED) is 0.704. The molecule has 1 fully saturated rings. The summed E-state index contributed by atoms with van der Waals surface area (Å²) in [5, 5.41) is 0. The fourth-order valence-corrected chi connectivity index (χ4v) is 2.21. The lowest BCUT2D eigenvalue weighted by atomic mass is 10.1. The Balaban J connectivity index is 2.29. The van der Waals surface area contributed by atoms with Gasteiger partial charge in [-0.3, -0.25) is 0 Å². The van der Waals surface area contributed by atoms with Crippen molar-refractivity contribution in [1.82, 2.24) is 0 Å². The van der Waals surface area contributed by atoms with Crippen molar-refractivity contribution in [3.05, 3.63) is 29.8 Å². The van der Waals surface area contributed by atoms with Crippen molar-refractivity contribution in [2.45, 2.75) is 23.3 Å². The van der Waals surface area contributed by atoms with Crippen molar-refractivity contribution in [3.8, 4) is 0 Å². The van der Waals surface area contributed by atoms with Crippen molar-refractivity contribution in [1.29, 1.82) is 0 Å². The lowest BCUT2D eigenvalue weighted by Gasteiger charge is -2.04. The summed E-state index contributed by atoms with van der Waals surface area (Å²) in [5.41, 5.74) is 7.25. The van der Waals surface area contributed by atoms with Crippen LogP contribution >= 0.6 is 11.8 Å². The van der Waals surface area contributed by atoms with E-state index >= 15 is 0 Å². The molecule has 1 aromatic rings. The van der Waals surface area contributed by atoms with Gasteiger partial charge in [-0.2, -0.15) is 0 Å². The van der Waals surface area contributed by atoms with Gasteiger partial charge >= 0.3 is 0 Å². The maximum absolute atomic E-state index is 5.81. The third kappa shape index (κ3) is 1.37. The van der Waals surface area contributed by atoms with E-state index < -0.39 is 0 Å². The standard InChI is InChI=1S/C10H13NS/c1-12-10-5-3-2-4-7(10)8-6-9(8)11/h2-5,8-9H,6,11H2,1H3. The van der Waals surface area contributed by atoms with Crippen molar-refractivity contribution < 1.29 is 0 Å². The maximum atomic E-state index is 5.81. The highest BCUT2D eigenvalue weighted by Crippen LogP contribution is 2.42. The van der Waals surface area contributed by atoms with E-state index in [1.54, 1.807) is 0 Å². The summed E-state index contributed by atoms with van der Waals surface area (Å²) >= 11 is 1.81. The maximum Gasteiger partial charge on any atom is 0.0115 e. The normalized spacial score (nSPS) is 27.2. The fraction of sp³-hybridized carbons (Fsp3) is 0.400. The topological polar surface area (TPSA) is 26.0 Å². The molecule has 0 spiro atoms. The Morgan fingerprint density at radius 1 is 1.42 bits per heavy atom. The Hall–Kier alpha value is -0.470. The number of nitrogens with two attached hydrogens (primary N) is 1. The highest BCUT2D eigenvalue weighted by Gasteiger charge is 2.35. The van der Waals surface area contributed by atoms with Crippen molar-refractivity contribution in [3.63, 3.8) is 0 Å². The van der Waals surface area contributed by atoms with Gasteiger partial charge < -0.3 is 5.73 Å². The number of thioether (sulfide) groups is 1. The van der Waals surface area contributed by atoms with Crippen LogP contribution < -0.4 is 5.73 Å². The molecule has 0 bridgehead atoms. The predicted molar refractivity (Wildman–Crippen MR) is 53.6 cm³/mol. The van der Waals surface area contributed by atoms with E-state index in [1.807, 2.05) is 11.8 Å². The van der Waals surface area contributed by atoms with Crippen LogP contribution in [0.2, 0.25) is 0 Å². The van der Waals surface area contributed by atoms with E-state index in [0.717, 1.165) is 6.42 Å². The molecule has 12 heavy (non-hydrogen) atoms. The molecule has 1 saturated carbocycles. The summed E-state index contributed by atoms with van der Waals surface area (Å²) in [6.45, 7) is 0.